The lowest BCUT2D eigenvalue weighted by molar-refractivity contribution is -0.132. The highest BCUT2D eigenvalue weighted by molar-refractivity contribution is 6.51. The van der Waals surface area contributed by atoms with Crippen LogP contribution in [0.3, 0.4) is 0 Å². The first-order valence-corrected chi connectivity index (χ1v) is 9.44. The minimum Gasteiger partial charge on any atom is -0.507 e. The molecule has 1 saturated heterocycles. The number of aliphatic hydroxyl groups is 1. The van der Waals surface area contributed by atoms with Crippen molar-refractivity contribution >= 4 is 23.1 Å². The van der Waals surface area contributed by atoms with Crippen molar-refractivity contribution in [2.45, 2.75) is 6.04 Å². The zero-order valence-corrected chi connectivity index (χ0v) is 15.8. The van der Waals surface area contributed by atoms with Crippen molar-refractivity contribution in [2.24, 2.45) is 0 Å². The number of rotatable bonds is 3. The summed E-state index contributed by atoms with van der Waals surface area (Å²) in [5, 5.41) is 11.1. The summed E-state index contributed by atoms with van der Waals surface area (Å²) in [7, 11) is 0. The van der Waals surface area contributed by atoms with E-state index in [1.54, 1.807) is 54.6 Å². The molecule has 1 fully saturated rings. The standard InChI is InChI=1S/C23H17NO6/c25-21(14-8-9-16-18(13-14)30-12-11-29-16)19-20(17-7-4-10-28-17)24(23(27)22(19)26)15-5-2-1-3-6-15/h1-10,13,20,25H,11-12H2/b21-19-. The van der Waals surface area contributed by atoms with Crippen molar-refractivity contribution in [1.29, 1.82) is 0 Å². The Morgan fingerprint density at radius 3 is 2.43 bits per heavy atom. The zero-order valence-electron chi connectivity index (χ0n) is 15.8. The molecule has 30 heavy (non-hydrogen) atoms. The van der Waals surface area contributed by atoms with E-state index in [9.17, 15) is 14.7 Å². The average Bonchev–Trinajstić information content (AvgIpc) is 3.40. The van der Waals surface area contributed by atoms with E-state index in [4.69, 9.17) is 13.9 Å². The van der Waals surface area contributed by atoms with Crippen molar-refractivity contribution in [1.82, 2.24) is 0 Å². The molecule has 7 nitrogen and oxygen atoms in total. The summed E-state index contributed by atoms with van der Waals surface area (Å²) in [6.45, 7) is 0.834. The van der Waals surface area contributed by atoms with Crippen LogP contribution in [-0.4, -0.2) is 30.0 Å². The van der Waals surface area contributed by atoms with Crippen LogP contribution in [0, 0.1) is 0 Å². The summed E-state index contributed by atoms with van der Waals surface area (Å²) in [6, 6.07) is 16.1. The van der Waals surface area contributed by atoms with E-state index in [2.05, 4.69) is 0 Å². The first kappa shape index (κ1) is 18.1. The van der Waals surface area contributed by atoms with E-state index in [1.807, 2.05) is 6.07 Å². The van der Waals surface area contributed by atoms with Gasteiger partial charge in [-0.15, -0.1) is 0 Å². The minimum atomic E-state index is -0.893. The van der Waals surface area contributed by atoms with E-state index < -0.39 is 17.7 Å². The Balaban J connectivity index is 1.67. The first-order chi connectivity index (χ1) is 14.6. The number of carbonyl (C=O) groups is 2. The zero-order chi connectivity index (χ0) is 20.7. The summed E-state index contributed by atoms with van der Waals surface area (Å²) in [5.74, 6) is -0.418. The van der Waals surface area contributed by atoms with Gasteiger partial charge in [0.15, 0.2) is 11.5 Å². The molecule has 2 aromatic carbocycles. The van der Waals surface area contributed by atoms with Crippen molar-refractivity contribution < 1.29 is 28.6 Å². The third kappa shape index (κ3) is 2.83. The largest absolute Gasteiger partial charge is 0.507 e. The van der Waals surface area contributed by atoms with Crippen LogP contribution in [0.5, 0.6) is 11.5 Å². The van der Waals surface area contributed by atoms with Crippen LogP contribution in [0.2, 0.25) is 0 Å². The lowest BCUT2D eigenvalue weighted by Crippen LogP contribution is -2.29. The maximum Gasteiger partial charge on any atom is 0.300 e. The van der Waals surface area contributed by atoms with Crippen molar-refractivity contribution in [2.75, 3.05) is 18.1 Å². The van der Waals surface area contributed by atoms with E-state index in [0.29, 0.717) is 41.7 Å². The number of aliphatic hydroxyl groups excluding tert-OH is 1. The van der Waals surface area contributed by atoms with Crippen LogP contribution in [0.1, 0.15) is 17.4 Å². The highest BCUT2D eigenvalue weighted by Crippen LogP contribution is 2.43. The number of nitrogens with zero attached hydrogens (tertiary/aromatic N) is 1. The Kier molecular flexibility index (Phi) is 4.28. The van der Waals surface area contributed by atoms with Gasteiger partial charge in [0.05, 0.1) is 11.8 Å². The second-order valence-electron chi connectivity index (χ2n) is 6.88. The van der Waals surface area contributed by atoms with Crippen molar-refractivity contribution in [3.8, 4) is 11.5 Å². The fourth-order valence-corrected chi connectivity index (χ4v) is 3.75. The van der Waals surface area contributed by atoms with Gasteiger partial charge in [0.1, 0.15) is 30.8 Å². The summed E-state index contributed by atoms with van der Waals surface area (Å²) in [5.41, 5.74) is 0.833. The Morgan fingerprint density at radius 2 is 1.70 bits per heavy atom. The molecule has 0 spiro atoms. The SMILES string of the molecule is O=C1C(=O)N(c2ccccc2)C(c2ccco2)/C1=C(/O)c1ccc2c(c1)OCCO2. The lowest BCUT2D eigenvalue weighted by Gasteiger charge is -2.23. The highest BCUT2D eigenvalue weighted by atomic mass is 16.6. The molecule has 150 valence electrons. The molecule has 3 aromatic rings. The molecule has 1 atom stereocenters. The number of carbonyl (C=O) groups excluding carboxylic acids is 2. The van der Waals surface area contributed by atoms with Crippen LogP contribution in [0.4, 0.5) is 5.69 Å². The van der Waals surface area contributed by atoms with Crippen LogP contribution in [-0.2, 0) is 9.59 Å². The molecular weight excluding hydrogens is 386 g/mol. The molecule has 1 aromatic heterocycles. The molecule has 7 heteroatoms. The predicted molar refractivity (Wildman–Crippen MR) is 107 cm³/mol. The number of amides is 1. The van der Waals surface area contributed by atoms with Gasteiger partial charge < -0.3 is 19.0 Å². The van der Waals surface area contributed by atoms with Gasteiger partial charge in [0, 0.05) is 11.3 Å². The molecule has 1 N–H and O–H groups in total. The summed E-state index contributed by atoms with van der Waals surface area (Å²) < 4.78 is 16.6. The van der Waals surface area contributed by atoms with Crippen LogP contribution in [0.25, 0.3) is 5.76 Å². The van der Waals surface area contributed by atoms with Gasteiger partial charge in [-0.25, -0.2) is 0 Å². The molecule has 3 heterocycles. The molecule has 0 aliphatic carbocycles. The number of hydrogen-bond donors (Lipinski definition) is 1. The number of ketones is 1. The van der Waals surface area contributed by atoms with E-state index in [1.165, 1.54) is 11.2 Å². The monoisotopic (exact) mass is 403 g/mol. The van der Waals surface area contributed by atoms with Crippen LogP contribution < -0.4 is 14.4 Å². The average molecular weight is 403 g/mol. The Hall–Kier alpha value is -4.00. The van der Waals surface area contributed by atoms with Crippen molar-refractivity contribution in [3.63, 3.8) is 0 Å². The van der Waals surface area contributed by atoms with Gasteiger partial charge in [-0.2, -0.15) is 0 Å². The fraction of sp³-hybridized carbons (Fsp3) is 0.130. The number of anilines is 1. The maximum atomic E-state index is 13.0. The third-order valence-electron chi connectivity index (χ3n) is 5.11. The molecule has 1 amide bonds. The number of ether oxygens (including phenoxy) is 2. The summed E-state index contributed by atoms with van der Waals surface area (Å²) >= 11 is 0. The molecule has 5 rings (SSSR count). The van der Waals surface area contributed by atoms with Gasteiger partial charge in [0.2, 0.25) is 0 Å². The third-order valence-corrected chi connectivity index (χ3v) is 5.11. The van der Waals surface area contributed by atoms with Gasteiger partial charge >= 0.3 is 0 Å². The molecule has 0 bridgehead atoms. The first-order valence-electron chi connectivity index (χ1n) is 9.44. The number of benzene rings is 2. The maximum absolute atomic E-state index is 13.0. The summed E-state index contributed by atoms with van der Waals surface area (Å²) in [6.07, 6.45) is 1.46. The smallest absolute Gasteiger partial charge is 0.300 e. The molecule has 2 aliphatic heterocycles. The molecule has 1 unspecified atom stereocenters. The van der Waals surface area contributed by atoms with Gasteiger partial charge in [-0.3, -0.25) is 14.5 Å². The summed E-state index contributed by atoms with van der Waals surface area (Å²) in [4.78, 5) is 27.3. The predicted octanol–water partition coefficient (Wildman–Crippen LogP) is 3.68. The minimum absolute atomic E-state index is 0.0459. The molecule has 2 aliphatic rings. The lowest BCUT2D eigenvalue weighted by atomic mass is 9.99. The fourth-order valence-electron chi connectivity index (χ4n) is 3.75. The number of Topliss-reactive ketones (excluding diaryl/α,β-unsaturated/α-hetero) is 1. The Morgan fingerprint density at radius 1 is 0.933 bits per heavy atom. The topological polar surface area (TPSA) is 89.2 Å². The number of furan rings is 1. The van der Waals surface area contributed by atoms with Gasteiger partial charge in [0.25, 0.3) is 11.7 Å². The number of fused-ring (bicyclic) bond motifs is 1. The Labute approximate surface area is 171 Å². The normalized spacial score (nSPS) is 19.9. The molecule has 0 radical (unpaired) electrons. The molecule has 0 saturated carbocycles. The second-order valence-corrected chi connectivity index (χ2v) is 6.88. The quantitative estimate of drug-likeness (QED) is 0.408. The highest BCUT2D eigenvalue weighted by Gasteiger charge is 2.48. The van der Waals surface area contributed by atoms with Crippen molar-refractivity contribution in [3.05, 3.63) is 83.8 Å². The van der Waals surface area contributed by atoms with Crippen LogP contribution >= 0.6 is 0 Å². The Bertz CT molecular complexity index is 1150. The van der Waals surface area contributed by atoms with E-state index in [-0.39, 0.29) is 11.3 Å². The van der Waals surface area contributed by atoms with Crippen LogP contribution in [0.15, 0.2) is 76.9 Å². The number of para-hydroxylation sites is 1. The van der Waals surface area contributed by atoms with E-state index in [0.717, 1.165) is 0 Å². The second kappa shape index (κ2) is 7.11. The molecular formula is C23H17NO6. The van der Waals surface area contributed by atoms with E-state index >= 15 is 0 Å². The number of hydrogen-bond acceptors (Lipinski definition) is 6. The van der Waals surface area contributed by atoms with Gasteiger partial charge in [-0.1, -0.05) is 18.2 Å². The van der Waals surface area contributed by atoms with Gasteiger partial charge in [-0.05, 0) is 42.5 Å².